The lowest BCUT2D eigenvalue weighted by Crippen LogP contribution is -2.31. The summed E-state index contributed by atoms with van der Waals surface area (Å²) in [5, 5.41) is 20.7. The number of carbonyl (C=O) groups is 2. The molecule has 3 N–H and O–H groups in total. The smallest absolute Gasteiger partial charge is 0.308 e. The Kier molecular flexibility index (Phi) is 4.53. The topological polar surface area (TPSA) is 95.9 Å². The largest absolute Gasteiger partial charge is 0.507 e. The third kappa shape index (κ3) is 3.38. The highest BCUT2D eigenvalue weighted by Crippen LogP contribution is 2.23. The summed E-state index contributed by atoms with van der Waals surface area (Å²) < 4.78 is 4.89. The molecule has 0 aliphatic heterocycles. The van der Waals surface area contributed by atoms with Crippen LogP contribution in [0.25, 0.3) is 0 Å². The molecule has 0 aliphatic rings. The van der Waals surface area contributed by atoms with Gasteiger partial charge >= 0.3 is 5.97 Å². The molecule has 6 nitrogen and oxygen atoms in total. The molecule has 1 aromatic rings. The molecule has 1 aromatic carbocycles. The average molecular weight is 253 g/mol. The van der Waals surface area contributed by atoms with Crippen LogP contribution in [0.2, 0.25) is 0 Å². The molecule has 1 atom stereocenters. The molecule has 0 fully saturated rings. The normalized spacial score (nSPS) is 11.7. The van der Waals surface area contributed by atoms with Crippen molar-refractivity contribution >= 4 is 11.9 Å². The molecule has 98 valence electrons. The Labute approximate surface area is 104 Å². The monoisotopic (exact) mass is 253 g/mol. The third-order valence-corrected chi connectivity index (χ3v) is 2.44. The minimum absolute atomic E-state index is 0.000361. The maximum Gasteiger partial charge on any atom is 0.308 e. The van der Waals surface area contributed by atoms with Crippen LogP contribution in [0.3, 0.4) is 0 Å². The van der Waals surface area contributed by atoms with E-state index in [9.17, 15) is 14.7 Å². The van der Waals surface area contributed by atoms with Crippen molar-refractivity contribution in [3.63, 3.8) is 0 Å². The van der Waals surface area contributed by atoms with Crippen molar-refractivity contribution in [1.29, 1.82) is 0 Å². The van der Waals surface area contributed by atoms with Crippen LogP contribution in [-0.2, 0) is 4.79 Å². The highest BCUT2D eigenvalue weighted by Gasteiger charge is 2.15. The first-order chi connectivity index (χ1) is 8.45. The fourth-order valence-corrected chi connectivity index (χ4v) is 1.26. The molecule has 0 aromatic heterocycles. The van der Waals surface area contributed by atoms with E-state index in [4.69, 9.17) is 9.84 Å². The summed E-state index contributed by atoms with van der Waals surface area (Å²) in [7, 11) is 1.45. The molecule has 18 heavy (non-hydrogen) atoms. The number of hydrogen-bond donors (Lipinski definition) is 3. The predicted octanol–water partition coefficient (Wildman–Crippen LogP) is 0.851. The van der Waals surface area contributed by atoms with Gasteiger partial charge in [0.05, 0.1) is 18.6 Å². The van der Waals surface area contributed by atoms with Crippen LogP contribution in [-0.4, -0.2) is 35.7 Å². The second-order valence-electron chi connectivity index (χ2n) is 3.83. The number of carbonyl (C=O) groups excluding carboxylic acids is 1. The summed E-state index contributed by atoms with van der Waals surface area (Å²) in [4.78, 5) is 22.3. The highest BCUT2D eigenvalue weighted by molar-refractivity contribution is 5.97. The number of methoxy groups -OCH3 is 1. The number of benzene rings is 1. The number of phenols is 1. The number of amides is 1. The molecule has 0 spiro atoms. The number of rotatable bonds is 5. The summed E-state index contributed by atoms with van der Waals surface area (Å²) in [5.41, 5.74) is 0.0772. The van der Waals surface area contributed by atoms with Crippen LogP contribution in [0.15, 0.2) is 18.2 Å². The van der Waals surface area contributed by atoms with Gasteiger partial charge in [-0.3, -0.25) is 9.59 Å². The Morgan fingerprint density at radius 1 is 1.44 bits per heavy atom. The Hall–Kier alpha value is -2.24. The fraction of sp³-hybridized carbons (Fsp3) is 0.333. The van der Waals surface area contributed by atoms with Crippen molar-refractivity contribution in [2.75, 3.05) is 13.7 Å². The van der Waals surface area contributed by atoms with Gasteiger partial charge in [0.15, 0.2) is 0 Å². The first kappa shape index (κ1) is 13.8. The molecule has 0 aliphatic carbocycles. The quantitative estimate of drug-likeness (QED) is 0.723. The number of phenolic OH excluding ortho intramolecular Hbond substituents is 1. The van der Waals surface area contributed by atoms with Gasteiger partial charge < -0.3 is 20.3 Å². The number of aliphatic carboxylic acids is 1. The number of carboxylic acids is 1. The number of aromatic hydroxyl groups is 1. The van der Waals surface area contributed by atoms with Gasteiger partial charge in [0.25, 0.3) is 5.91 Å². The van der Waals surface area contributed by atoms with E-state index in [1.54, 1.807) is 0 Å². The van der Waals surface area contributed by atoms with Crippen LogP contribution in [0.4, 0.5) is 0 Å². The average Bonchev–Trinajstić information content (AvgIpc) is 2.34. The Morgan fingerprint density at radius 2 is 2.11 bits per heavy atom. The Morgan fingerprint density at radius 3 is 2.61 bits per heavy atom. The Bertz CT molecular complexity index is 458. The van der Waals surface area contributed by atoms with Gasteiger partial charge in [-0.25, -0.2) is 0 Å². The van der Waals surface area contributed by atoms with E-state index in [0.717, 1.165) is 0 Å². The molecule has 0 bridgehead atoms. The van der Waals surface area contributed by atoms with Gasteiger partial charge in [0, 0.05) is 12.6 Å². The van der Waals surface area contributed by atoms with Crippen LogP contribution in [0.1, 0.15) is 17.3 Å². The van der Waals surface area contributed by atoms with Crippen molar-refractivity contribution in [1.82, 2.24) is 5.32 Å². The molecule has 1 amide bonds. The van der Waals surface area contributed by atoms with Gasteiger partial charge in [-0.1, -0.05) is 6.92 Å². The summed E-state index contributed by atoms with van der Waals surface area (Å²) >= 11 is 0. The summed E-state index contributed by atoms with van der Waals surface area (Å²) in [5.74, 6) is -1.98. The summed E-state index contributed by atoms with van der Waals surface area (Å²) in [6, 6.07) is 4.26. The molecular weight excluding hydrogens is 238 g/mol. The molecule has 0 saturated heterocycles. The molecule has 1 unspecified atom stereocenters. The second kappa shape index (κ2) is 5.90. The molecule has 0 heterocycles. The van der Waals surface area contributed by atoms with Crippen molar-refractivity contribution in [2.24, 2.45) is 5.92 Å². The minimum atomic E-state index is -0.991. The predicted molar refractivity (Wildman–Crippen MR) is 63.8 cm³/mol. The summed E-state index contributed by atoms with van der Waals surface area (Å²) in [6.07, 6.45) is 0. The van der Waals surface area contributed by atoms with E-state index in [0.29, 0.717) is 5.75 Å². The lowest BCUT2D eigenvalue weighted by atomic mass is 10.1. The molecule has 0 saturated carbocycles. The Balaban J connectivity index is 2.70. The molecule has 6 heteroatoms. The van der Waals surface area contributed by atoms with Crippen LogP contribution >= 0.6 is 0 Å². The lowest BCUT2D eigenvalue weighted by Gasteiger charge is -2.10. The first-order valence-electron chi connectivity index (χ1n) is 5.33. The van der Waals surface area contributed by atoms with E-state index in [-0.39, 0.29) is 17.9 Å². The van der Waals surface area contributed by atoms with Crippen molar-refractivity contribution in [2.45, 2.75) is 6.92 Å². The SMILES string of the molecule is COc1ccc(C(=O)NCC(C)C(=O)O)c(O)c1. The minimum Gasteiger partial charge on any atom is -0.507 e. The molecular formula is C12H15NO5. The van der Waals surface area contributed by atoms with Gasteiger partial charge in [0.1, 0.15) is 11.5 Å². The first-order valence-corrected chi connectivity index (χ1v) is 5.33. The van der Waals surface area contributed by atoms with E-state index in [1.165, 1.54) is 32.2 Å². The molecule has 1 rings (SSSR count). The van der Waals surface area contributed by atoms with E-state index < -0.39 is 17.8 Å². The zero-order chi connectivity index (χ0) is 13.7. The number of hydrogen-bond acceptors (Lipinski definition) is 4. The summed E-state index contributed by atoms with van der Waals surface area (Å²) in [6.45, 7) is 1.48. The van der Waals surface area contributed by atoms with Gasteiger partial charge in [-0.05, 0) is 12.1 Å². The standard InChI is InChI=1S/C12H15NO5/c1-7(12(16)17)6-13-11(15)9-4-3-8(18-2)5-10(9)14/h3-5,7,14H,6H2,1-2H3,(H,13,15)(H,16,17). The maximum atomic E-state index is 11.7. The van der Waals surface area contributed by atoms with Crippen molar-refractivity contribution in [3.8, 4) is 11.5 Å². The van der Waals surface area contributed by atoms with Crippen molar-refractivity contribution < 1.29 is 24.5 Å². The van der Waals surface area contributed by atoms with Gasteiger partial charge in [0.2, 0.25) is 0 Å². The number of ether oxygens (including phenoxy) is 1. The number of nitrogens with one attached hydrogen (secondary N) is 1. The van der Waals surface area contributed by atoms with E-state index in [1.807, 2.05) is 0 Å². The highest BCUT2D eigenvalue weighted by atomic mass is 16.5. The maximum absolute atomic E-state index is 11.7. The van der Waals surface area contributed by atoms with Crippen LogP contribution < -0.4 is 10.1 Å². The lowest BCUT2D eigenvalue weighted by molar-refractivity contribution is -0.140. The second-order valence-corrected chi connectivity index (χ2v) is 3.83. The number of carboxylic acid groups (broad SMARTS) is 1. The zero-order valence-electron chi connectivity index (χ0n) is 10.1. The fourth-order valence-electron chi connectivity index (χ4n) is 1.26. The van der Waals surface area contributed by atoms with E-state index in [2.05, 4.69) is 5.32 Å². The van der Waals surface area contributed by atoms with E-state index >= 15 is 0 Å². The van der Waals surface area contributed by atoms with Crippen molar-refractivity contribution in [3.05, 3.63) is 23.8 Å². The van der Waals surface area contributed by atoms with Crippen LogP contribution in [0.5, 0.6) is 11.5 Å². The molecule has 0 radical (unpaired) electrons. The van der Waals surface area contributed by atoms with Gasteiger partial charge in [-0.2, -0.15) is 0 Å². The zero-order valence-corrected chi connectivity index (χ0v) is 10.1. The van der Waals surface area contributed by atoms with Crippen LogP contribution in [0, 0.1) is 5.92 Å². The van der Waals surface area contributed by atoms with Gasteiger partial charge in [-0.15, -0.1) is 0 Å². The third-order valence-electron chi connectivity index (χ3n) is 2.44.